The zero-order chi connectivity index (χ0) is 20.2. The first-order valence-corrected chi connectivity index (χ1v) is 10.1. The summed E-state index contributed by atoms with van der Waals surface area (Å²) in [5.74, 6) is 2.52. The number of benzene rings is 1. The van der Waals surface area contributed by atoms with E-state index in [0.29, 0.717) is 5.92 Å². The molecule has 4 rings (SSSR count). The molecule has 0 spiro atoms. The molecule has 1 aromatic carbocycles. The molecule has 1 atom stereocenters. The highest BCUT2D eigenvalue weighted by Crippen LogP contribution is 2.26. The first-order chi connectivity index (χ1) is 14.1. The Morgan fingerprint density at radius 1 is 1.30 bits per heavy atom. The highest BCUT2D eigenvalue weighted by Gasteiger charge is 2.26. The number of guanidine groups is 1. The van der Waals surface area contributed by atoms with Crippen LogP contribution in [0.1, 0.15) is 34.9 Å². The minimum atomic E-state index is 0. The lowest BCUT2D eigenvalue weighted by atomic mass is 10.0. The number of rotatable bonds is 5. The summed E-state index contributed by atoms with van der Waals surface area (Å²) in [7, 11) is 3.83. The summed E-state index contributed by atoms with van der Waals surface area (Å²) in [5.41, 5.74) is 3.84. The Bertz CT molecular complexity index is 991. The molecule has 30 heavy (non-hydrogen) atoms. The van der Waals surface area contributed by atoms with Crippen molar-refractivity contribution >= 4 is 29.9 Å². The maximum atomic E-state index is 4.51. The molecule has 1 aliphatic rings. The quantitative estimate of drug-likeness (QED) is 0.320. The van der Waals surface area contributed by atoms with Gasteiger partial charge in [0.25, 0.3) is 0 Å². The third kappa shape index (κ3) is 5.21. The van der Waals surface area contributed by atoms with Crippen LogP contribution in [0, 0.1) is 6.92 Å². The summed E-state index contributed by atoms with van der Waals surface area (Å²) in [6, 6.07) is 8.70. The van der Waals surface area contributed by atoms with Gasteiger partial charge < -0.3 is 14.8 Å². The number of nitrogens with one attached hydrogen (secondary N) is 1. The van der Waals surface area contributed by atoms with Crippen LogP contribution >= 0.6 is 24.0 Å². The van der Waals surface area contributed by atoms with Crippen molar-refractivity contribution in [3.63, 3.8) is 0 Å². The molecule has 1 aliphatic heterocycles. The normalized spacial score (nSPS) is 16.6. The Labute approximate surface area is 195 Å². The molecule has 3 aromatic rings. The number of aromatic nitrogens is 4. The fraction of sp³-hybridized carbons (Fsp3) is 0.409. The maximum absolute atomic E-state index is 4.51. The van der Waals surface area contributed by atoms with Crippen LogP contribution in [0.15, 0.2) is 54.0 Å². The first kappa shape index (κ1) is 22.3. The third-order valence-electron chi connectivity index (χ3n) is 5.61. The highest BCUT2D eigenvalue weighted by molar-refractivity contribution is 14.0. The molecule has 0 aliphatic carbocycles. The van der Waals surface area contributed by atoms with Gasteiger partial charge in [-0.05, 0) is 30.0 Å². The Kier molecular flexibility index (Phi) is 7.52. The van der Waals surface area contributed by atoms with E-state index < -0.39 is 0 Å². The summed E-state index contributed by atoms with van der Waals surface area (Å²) in [6.07, 6.45) is 9.11. The second-order valence-electron chi connectivity index (χ2n) is 7.70. The van der Waals surface area contributed by atoms with Crippen molar-refractivity contribution in [1.82, 2.24) is 29.5 Å². The van der Waals surface area contributed by atoms with Gasteiger partial charge in [-0.15, -0.1) is 24.0 Å². The Morgan fingerprint density at radius 2 is 2.13 bits per heavy atom. The molecular weight excluding hydrogens is 489 g/mol. The van der Waals surface area contributed by atoms with Gasteiger partial charge in [-0.3, -0.25) is 9.67 Å². The second-order valence-corrected chi connectivity index (χ2v) is 7.70. The maximum Gasteiger partial charge on any atom is 0.193 e. The highest BCUT2D eigenvalue weighted by atomic mass is 127. The number of imidazole rings is 1. The molecule has 1 unspecified atom stereocenters. The SMILES string of the molecule is CN=C(NCc1cccc(Cn2ccnc2C)c1)N1CCC(c2cnn(C)c2)C1.I. The Morgan fingerprint density at radius 3 is 2.83 bits per heavy atom. The lowest BCUT2D eigenvalue weighted by Crippen LogP contribution is -2.39. The fourth-order valence-electron chi connectivity index (χ4n) is 3.99. The van der Waals surface area contributed by atoms with Gasteiger partial charge in [-0.25, -0.2) is 4.98 Å². The summed E-state index contributed by atoms with van der Waals surface area (Å²) in [4.78, 5) is 11.2. The van der Waals surface area contributed by atoms with Crippen molar-refractivity contribution in [3.05, 3.63) is 71.6 Å². The molecule has 0 saturated carbocycles. The molecule has 160 valence electrons. The average molecular weight is 519 g/mol. The van der Waals surface area contributed by atoms with E-state index in [1.807, 2.05) is 44.3 Å². The number of likely N-dealkylation sites (tertiary alicyclic amines) is 1. The van der Waals surface area contributed by atoms with Crippen molar-refractivity contribution in [2.24, 2.45) is 12.0 Å². The van der Waals surface area contributed by atoms with E-state index in [1.54, 1.807) is 0 Å². The van der Waals surface area contributed by atoms with Gasteiger partial charge in [-0.2, -0.15) is 5.10 Å². The van der Waals surface area contributed by atoms with Crippen LogP contribution in [0.5, 0.6) is 0 Å². The van der Waals surface area contributed by atoms with Gasteiger partial charge >= 0.3 is 0 Å². The predicted octanol–water partition coefficient (Wildman–Crippen LogP) is 3.16. The fourth-order valence-corrected chi connectivity index (χ4v) is 3.99. The van der Waals surface area contributed by atoms with Crippen LogP contribution in [-0.4, -0.2) is 50.3 Å². The lowest BCUT2D eigenvalue weighted by molar-refractivity contribution is 0.486. The summed E-state index contributed by atoms with van der Waals surface area (Å²) < 4.78 is 4.04. The Hall–Kier alpha value is -2.36. The van der Waals surface area contributed by atoms with E-state index in [1.165, 1.54) is 16.7 Å². The molecule has 1 fully saturated rings. The number of hydrogen-bond donors (Lipinski definition) is 1. The molecule has 2 aromatic heterocycles. The van der Waals surface area contributed by atoms with Crippen molar-refractivity contribution < 1.29 is 0 Å². The largest absolute Gasteiger partial charge is 0.352 e. The van der Waals surface area contributed by atoms with Crippen LogP contribution < -0.4 is 5.32 Å². The van der Waals surface area contributed by atoms with Crippen molar-refractivity contribution in [2.45, 2.75) is 32.4 Å². The molecule has 7 nitrogen and oxygen atoms in total. The van der Waals surface area contributed by atoms with Crippen LogP contribution in [0.4, 0.5) is 0 Å². The molecule has 3 heterocycles. The van der Waals surface area contributed by atoms with Crippen molar-refractivity contribution in [2.75, 3.05) is 20.1 Å². The number of nitrogens with zero attached hydrogens (tertiary/aromatic N) is 6. The molecule has 8 heteroatoms. The summed E-state index contributed by atoms with van der Waals surface area (Å²) in [6.45, 7) is 5.62. The van der Waals surface area contributed by atoms with Crippen LogP contribution in [0.25, 0.3) is 0 Å². The van der Waals surface area contributed by atoms with Gasteiger partial charge in [0.1, 0.15) is 5.82 Å². The molecule has 0 bridgehead atoms. The number of hydrogen-bond acceptors (Lipinski definition) is 3. The monoisotopic (exact) mass is 519 g/mol. The number of aliphatic imine (C=N–C) groups is 1. The van der Waals surface area contributed by atoms with Crippen LogP contribution in [0.2, 0.25) is 0 Å². The van der Waals surface area contributed by atoms with E-state index in [-0.39, 0.29) is 24.0 Å². The molecule has 1 saturated heterocycles. The van der Waals surface area contributed by atoms with Gasteiger partial charge in [0, 0.05) is 64.8 Å². The minimum absolute atomic E-state index is 0. The van der Waals surface area contributed by atoms with E-state index in [0.717, 1.165) is 44.4 Å². The zero-order valence-corrected chi connectivity index (χ0v) is 20.2. The summed E-state index contributed by atoms with van der Waals surface area (Å²) in [5, 5.41) is 7.85. The smallest absolute Gasteiger partial charge is 0.193 e. The summed E-state index contributed by atoms with van der Waals surface area (Å²) >= 11 is 0. The lowest BCUT2D eigenvalue weighted by Gasteiger charge is -2.21. The van der Waals surface area contributed by atoms with Gasteiger partial charge in [0.15, 0.2) is 5.96 Å². The molecular formula is C22H30IN7. The standard InChI is InChI=1S/C22H29N7.HI/c1-17-24-8-10-28(17)14-19-6-4-5-18(11-19)12-25-22(23-2)29-9-7-20(16-29)21-13-26-27(3)15-21;/h4-6,8,10-11,13,15,20H,7,9,12,14,16H2,1-3H3,(H,23,25);1H. The van der Waals surface area contributed by atoms with E-state index in [9.17, 15) is 0 Å². The number of aryl methyl sites for hydroxylation is 2. The minimum Gasteiger partial charge on any atom is -0.352 e. The van der Waals surface area contributed by atoms with Crippen LogP contribution in [0.3, 0.4) is 0 Å². The Balaban J connectivity index is 0.00000256. The average Bonchev–Trinajstić information content (AvgIpc) is 3.45. The van der Waals surface area contributed by atoms with Crippen LogP contribution in [-0.2, 0) is 20.1 Å². The first-order valence-electron chi connectivity index (χ1n) is 10.1. The van der Waals surface area contributed by atoms with E-state index in [4.69, 9.17) is 0 Å². The predicted molar refractivity (Wildman–Crippen MR) is 130 cm³/mol. The van der Waals surface area contributed by atoms with Gasteiger partial charge in [0.05, 0.1) is 6.20 Å². The van der Waals surface area contributed by atoms with Crippen molar-refractivity contribution in [1.29, 1.82) is 0 Å². The zero-order valence-electron chi connectivity index (χ0n) is 17.8. The molecule has 0 radical (unpaired) electrons. The molecule has 0 amide bonds. The third-order valence-corrected chi connectivity index (χ3v) is 5.61. The van der Waals surface area contributed by atoms with Crippen molar-refractivity contribution in [3.8, 4) is 0 Å². The molecule has 1 N–H and O–H groups in total. The van der Waals surface area contributed by atoms with Gasteiger partial charge in [-0.1, -0.05) is 24.3 Å². The number of halogens is 1. The topological polar surface area (TPSA) is 63.3 Å². The second kappa shape index (κ2) is 10.1. The van der Waals surface area contributed by atoms with Gasteiger partial charge in [0.2, 0.25) is 0 Å². The van der Waals surface area contributed by atoms with E-state index >= 15 is 0 Å². The van der Waals surface area contributed by atoms with E-state index in [2.05, 4.69) is 60.3 Å².